The summed E-state index contributed by atoms with van der Waals surface area (Å²) in [7, 11) is 0. The van der Waals surface area contributed by atoms with E-state index in [1.54, 1.807) is 24.3 Å². The molecule has 14 heavy (non-hydrogen) atoms. The Morgan fingerprint density at radius 1 is 1.36 bits per heavy atom. The molecule has 0 fully saturated rings. The fourth-order valence-corrected chi connectivity index (χ4v) is 1.13. The zero-order valence-corrected chi connectivity index (χ0v) is 7.31. The minimum atomic E-state index is -0.298. The van der Waals surface area contributed by atoms with Crippen LogP contribution in [0.15, 0.2) is 41.1 Å². The fraction of sp³-hybridized carbons (Fsp3) is 0. The van der Waals surface area contributed by atoms with E-state index in [0.717, 1.165) is 0 Å². The predicted octanol–water partition coefficient (Wildman–Crippen LogP) is 1.49. The summed E-state index contributed by atoms with van der Waals surface area (Å²) >= 11 is 0. The molecule has 0 aliphatic heterocycles. The molecule has 2 rings (SSSR count). The van der Waals surface area contributed by atoms with Gasteiger partial charge in [0, 0.05) is 6.20 Å². The Bertz CT molecular complexity index is 449. The molecular weight excluding hydrogens is 180 g/mol. The molecule has 2 aromatic heterocycles. The zero-order chi connectivity index (χ0) is 9.97. The van der Waals surface area contributed by atoms with E-state index in [9.17, 15) is 4.79 Å². The fourth-order valence-electron chi connectivity index (χ4n) is 1.13. The van der Waals surface area contributed by atoms with Crippen LogP contribution in [0.2, 0.25) is 0 Å². The molecule has 0 bridgehead atoms. The summed E-state index contributed by atoms with van der Waals surface area (Å²) in [4.78, 5) is 15.6. The number of ketones is 1. The molecule has 0 amide bonds. The van der Waals surface area contributed by atoms with Crippen LogP contribution in [-0.2, 0) is 0 Å². The number of rotatable bonds is 2. The molecule has 0 saturated heterocycles. The smallest absolute Gasteiger partial charge is 0.248 e. The molecule has 0 aromatic carbocycles. The Balaban J connectivity index is 2.42. The van der Waals surface area contributed by atoms with Gasteiger partial charge in [0.05, 0.1) is 12.0 Å². The van der Waals surface area contributed by atoms with Gasteiger partial charge in [0.15, 0.2) is 5.76 Å². The summed E-state index contributed by atoms with van der Waals surface area (Å²) in [6, 6.07) is 6.53. The van der Waals surface area contributed by atoms with Gasteiger partial charge < -0.3 is 10.2 Å². The van der Waals surface area contributed by atoms with Crippen LogP contribution in [0.1, 0.15) is 16.2 Å². The van der Waals surface area contributed by atoms with E-state index in [-0.39, 0.29) is 17.2 Å². The van der Waals surface area contributed by atoms with Crippen LogP contribution in [0.3, 0.4) is 0 Å². The third-order valence-corrected chi connectivity index (χ3v) is 1.80. The van der Waals surface area contributed by atoms with Gasteiger partial charge in [-0.05, 0) is 24.3 Å². The molecule has 0 spiro atoms. The predicted molar refractivity (Wildman–Crippen MR) is 50.8 cm³/mol. The molecule has 4 heteroatoms. The highest BCUT2D eigenvalue weighted by molar-refractivity contribution is 6.08. The number of hydrogen-bond donors (Lipinski definition) is 1. The summed E-state index contributed by atoms with van der Waals surface area (Å²) in [5.41, 5.74) is 6.18. The van der Waals surface area contributed by atoms with Crippen molar-refractivity contribution in [3.8, 4) is 0 Å². The molecule has 0 saturated carbocycles. The maximum absolute atomic E-state index is 11.7. The van der Waals surface area contributed by atoms with Crippen molar-refractivity contribution in [1.29, 1.82) is 0 Å². The number of anilines is 1. The van der Waals surface area contributed by atoms with E-state index < -0.39 is 0 Å². The third-order valence-electron chi connectivity index (χ3n) is 1.80. The maximum atomic E-state index is 11.7. The molecule has 2 N–H and O–H groups in total. The van der Waals surface area contributed by atoms with Crippen molar-refractivity contribution < 1.29 is 9.21 Å². The lowest BCUT2D eigenvalue weighted by Crippen LogP contribution is -2.06. The van der Waals surface area contributed by atoms with Gasteiger partial charge in [0.25, 0.3) is 0 Å². The van der Waals surface area contributed by atoms with Crippen molar-refractivity contribution >= 4 is 11.5 Å². The second-order valence-electron chi connectivity index (χ2n) is 2.75. The molecule has 2 heterocycles. The number of pyridine rings is 1. The van der Waals surface area contributed by atoms with Gasteiger partial charge in [-0.1, -0.05) is 0 Å². The molecular formula is C10H8N2O2. The van der Waals surface area contributed by atoms with Crippen molar-refractivity contribution in [3.05, 3.63) is 48.2 Å². The number of nitrogen functional groups attached to an aromatic ring is 1. The molecule has 2 aromatic rings. The van der Waals surface area contributed by atoms with Gasteiger partial charge in [-0.15, -0.1) is 0 Å². The van der Waals surface area contributed by atoms with E-state index in [2.05, 4.69) is 4.98 Å². The van der Waals surface area contributed by atoms with Gasteiger partial charge in [0.1, 0.15) is 5.69 Å². The highest BCUT2D eigenvalue weighted by Crippen LogP contribution is 2.13. The molecule has 0 atom stereocenters. The van der Waals surface area contributed by atoms with Crippen LogP contribution in [0, 0.1) is 0 Å². The van der Waals surface area contributed by atoms with Crippen molar-refractivity contribution in [3.63, 3.8) is 0 Å². The normalized spacial score (nSPS) is 10.0. The van der Waals surface area contributed by atoms with Crippen molar-refractivity contribution in [2.75, 3.05) is 5.73 Å². The Kier molecular flexibility index (Phi) is 2.02. The molecule has 0 unspecified atom stereocenters. The Hall–Kier alpha value is -2.10. The Labute approximate surface area is 80.4 Å². The first kappa shape index (κ1) is 8.50. The van der Waals surface area contributed by atoms with Crippen LogP contribution in [0.25, 0.3) is 0 Å². The van der Waals surface area contributed by atoms with E-state index in [1.807, 2.05) is 0 Å². The van der Waals surface area contributed by atoms with Crippen LogP contribution in [0.4, 0.5) is 5.69 Å². The first-order chi connectivity index (χ1) is 6.79. The van der Waals surface area contributed by atoms with E-state index in [1.165, 1.54) is 12.5 Å². The standard InChI is InChI=1S/C10H8N2O2/c11-7-3-1-5-12-9(7)10(13)8-4-2-6-14-8/h1-6H,11H2. The summed E-state index contributed by atoms with van der Waals surface area (Å²) in [6.45, 7) is 0. The van der Waals surface area contributed by atoms with Crippen LogP contribution in [0.5, 0.6) is 0 Å². The maximum Gasteiger partial charge on any atom is 0.248 e. The lowest BCUT2D eigenvalue weighted by molar-refractivity contribution is 0.101. The molecule has 0 aliphatic rings. The van der Waals surface area contributed by atoms with Gasteiger partial charge in [-0.3, -0.25) is 9.78 Å². The van der Waals surface area contributed by atoms with E-state index in [4.69, 9.17) is 10.2 Å². The Morgan fingerprint density at radius 3 is 2.86 bits per heavy atom. The second kappa shape index (κ2) is 3.33. The minimum Gasteiger partial charge on any atom is -0.461 e. The molecule has 70 valence electrons. The first-order valence-corrected chi connectivity index (χ1v) is 4.08. The minimum absolute atomic E-state index is 0.224. The van der Waals surface area contributed by atoms with Crippen LogP contribution in [-0.4, -0.2) is 10.8 Å². The summed E-state index contributed by atoms with van der Waals surface area (Å²) in [5, 5.41) is 0. The van der Waals surface area contributed by atoms with Crippen LogP contribution < -0.4 is 5.73 Å². The van der Waals surface area contributed by atoms with Crippen LogP contribution >= 0.6 is 0 Å². The highest BCUT2D eigenvalue weighted by atomic mass is 16.3. The number of aromatic nitrogens is 1. The average molecular weight is 188 g/mol. The van der Waals surface area contributed by atoms with Crippen molar-refractivity contribution in [2.45, 2.75) is 0 Å². The number of carbonyl (C=O) groups excluding carboxylic acids is 1. The Morgan fingerprint density at radius 2 is 2.21 bits per heavy atom. The number of furan rings is 1. The lowest BCUT2D eigenvalue weighted by Gasteiger charge is -1.99. The summed E-state index contributed by atoms with van der Waals surface area (Å²) < 4.78 is 4.96. The van der Waals surface area contributed by atoms with Gasteiger partial charge in [-0.25, -0.2) is 0 Å². The quantitative estimate of drug-likeness (QED) is 0.725. The largest absolute Gasteiger partial charge is 0.461 e. The van der Waals surface area contributed by atoms with Crippen molar-refractivity contribution in [1.82, 2.24) is 4.98 Å². The highest BCUT2D eigenvalue weighted by Gasteiger charge is 2.15. The van der Waals surface area contributed by atoms with Gasteiger partial charge >= 0.3 is 0 Å². The molecule has 4 nitrogen and oxygen atoms in total. The summed E-state index contributed by atoms with van der Waals surface area (Å²) in [5.74, 6) is -0.0523. The number of nitrogens with two attached hydrogens (primary N) is 1. The van der Waals surface area contributed by atoms with Gasteiger partial charge in [0.2, 0.25) is 5.78 Å². The number of nitrogens with zero attached hydrogens (tertiary/aromatic N) is 1. The third kappa shape index (κ3) is 1.37. The van der Waals surface area contributed by atoms with E-state index in [0.29, 0.717) is 5.69 Å². The number of carbonyl (C=O) groups is 1. The first-order valence-electron chi connectivity index (χ1n) is 4.08. The average Bonchev–Trinajstić information content (AvgIpc) is 2.70. The monoisotopic (exact) mass is 188 g/mol. The van der Waals surface area contributed by atoms with E-state index >= 15 is 0 Å². The summed E-state index contributed by atoms with van der Waals surface area (Å²) in [6.07, 6.45) is 2.96. The number of hydrogen-bond acceptors (Lipinski definition) is 4. The SMILES string of the molecule is Nc1cccnc1C(=O)c1ccco1. The molecule has 0 radical (unpaired) electrons. The molecule has 0 aliphatic carbocycles. The van der Waals surface area contributed by atoms with Crippen molar-refractivity contribution in [2.24, 2.45) is 0 Å². The topological polar surface area (TPSA) is 69.1 Å². The van der Waals surface area contributed by atoms with Gasteiger partial charge in [-0.2, -0.15) is 0 Å². The zero-order valence-electron chi connectivity index (χ0n) is 7.31. The second-order valence-corrected chi connectivity index (χ2v) is 2.75. The lowest BCUT2D eigenvalue weighted by atomic mass is 10.2.